The number of benzene rings is 4. The van der Waals surface area contributed by atoms with Crippen LogP contribution in [0.2, 0.25) is 0 Å². The van der Waals surface area contributed by atoms with Crippen molar-refractivity contribution in [1.82, 2.24) is 10.2 Å². The Kier molecular flexibility index (Phi) is 7.11. The van der Waals surface area contributed by atoms with E-state index in [1.807, 2.05) is 91.0 Å². The molecule has 35 heavy (non-hydrogen) atoms. The van der Waals surface area contributed by atoms with Crippen molar-refractivity contribution in [1.29, 1.82) is 0 Å². The second-order valence-corrected chi connectivity index (χ2v) is 9.43. The Labute approximate surface area is 215 Å². The molecule has 1 aromatic heterocycles. The van der Waals surface area contributed by atoms with E-state index in [4.69, 9.17) is 9.15 Å². The molecule has 6 nitrogen and oxygen atoms in total. The summed E-state index contributed by atoms with van der Waals surface area (Å²) in [6.45, 7) is 0.149. The first-order valence-corrected chi connectivity index (χ1v) is 12.6. The van der Waals surface area contributed by atoms with Gasteiger partial charge < -0.3 is 9.15 Å². The molecule has 0 radical (unpaired) electrons. The van der Waals surface area contributed by atoms with Gasteiger partial charge in [-0.05, 0) is 59.3 Å². The number of hydrogen-bond acceptors (Lipinski definition) is 6. The standard InChI is InChI=1S/C27H20BrN3O3S/c28-21-11-14-24(15-12-21)33-17-25-29-30-27(34-25)35-18-26(32)31(22-8-2-1-3-9-22)23-13-10-19-6-4-5-7-20(19)16-23/h1-16H,17-18H2. The topological polar surface area (TPSA) is 68.5 Å². The molecule has 0 saturated carbocycles. The van der Waals surface area contributed by atoms with Gasteiger partial charge in [-0.1, -0.05) is 76.2 Å². The fraction of sp³-hybridized carbons (Fsp3) is 0.0741. The molecule has 0 atom stereocenters. The van der Waals surface area contributed by atoms with E-state index in [2.05, 4.69) is 32.2 Å². The van der Waals surface area contributed by atoms with Crippen molar-refractivity contribution in [2.24, 2.45) is 0 Å². The van der Waals surface area contributed by atoms with Gasteiger partial charge in [0.2, 0.25) is 5.91 Å². The first kappa shape index (κ1) is 23.1. The number of para-hydroxylation sites is 1. The minimum atomic E-state index is -0.0951. The SMILES string of the molecule is O=C(CSc1nnc(COc2ccc(Br)cc2)o1)N(c1ccccc1)c1ccc2ccccc2c1. The molecule has 0 fully saturated rings. The highest BCUT2D eigenvalue weighted by atomic mass is 79.9. The van der Waals surface area contributed by atoms with Crippen LogP contribution >= 0.6 is 27.7 Å². The zero-order valence-corrected chi connectivity index (χ0v) is 20.9. The Morgan fingerprint density at radius 2 is 1.60 bits per heavy atom. The number of aromatic nitrogens is 2. The van der Waals surface area contributed by atoms with E-state index in [0.717, 1.165) is 26.6 Å². The largest absolute Gasteiger partial charge is 0.484 e. The van der Waals surface area contributed by atoms with Gasteiger partial charge in [-0.3, -0.25) is 9.69 Å². The zero-order valence-electron chi connectivity index (χ0n) is 18.5. The van der Waals surface area contributed by atoms with Crippen molar-refractivity contribution in [2.75, 3.05) is 10.7 Å². The van der Waals surface area contributed by atoms with E-state index in [9.17, 15) is 4.79 Å². The second-order valence-electron chi connectivity index (χ2n) is 7.59. The van der Waals surface area contributed by atoms with Crippen LogP contribution in [-0.4, -0.2) is 21.9 Å². The first-order chi connectivity index (χ1) is 17.2. The lowest BCUT2D eigenvalue weighted by Gasteiger charge is -2.23. The van der Waals surface area contributed by atoms with Crippen molar-refractivity contribution in [3.8, 4) is 5.75 Å². The lowest BCUT2D eigenvalue weighted by atomic mass is 10.1. The summed E-state index contributed by atoms with van der Waals surface area (Å²) in [5, 5.41) is 10.6. The molecule has 8 heteroatoms. The van der Waals surface area contributed by atoms with Crippen LogP contribution < -0.4 is 9.64 Å². The molecule has 0 unspecified atom stereocenters. The third-order valence-corrected chi connectivity index (χ3v) is 6.53. The number of carbonyl (C=O) groups excluding carboxylic acids is 1. The molecule has 1 amide bonds. The number of ether oxygens (including phenoxy) is 1. The fourth-order valence-corrected chi connectivity index (χ4v) is 4.44. The summed E-state index contributed by atoms with van der Waals surface area (Å²) >= 11 is 4.59. The van der Waals surface area contributed by atoms with Gasteiger partial charge in [0.15, 0.2) is 6.61 Å². The lowest BCUT2D eigenvalue weighted by molar-refractivity contribution is -0.115. The number of fused-ring (bicyclic) bond motifs is 1. The Hall–Kier alpha value is -3.62. The zero-order chi connectivity index (χ0) is 24.0. The quantitative estimate of drug-likeness (QED) is 0.195. The van der Waals surface area contributed by atoms with Crippen LogP contribution in [-0.2, 0) is 11.4 Å². The van der Waals surface area contributed by atoms with Crippen molar-refractivity contribution < 1.29 is 13.9 Å². The molecule has 0 N–H and O–H groups in total. The van der Waals surface area contributed by atoms with Gasteiger partial charge in [0, 0.05) is 15.8 Å². The Morgan fingerprint density at radius 1 is 0.857 bits per heavy atom. The van der Waals surface area contributed by atoms with Crippen LogP contribution in [0.15, 0.2) is 111 Å². The van der Waals surface area contributed by atoms with Gasteiger partial charge in [0.05, 0.1) is 5.75 Å². The van der Waals surface area contributed by atoms with E-state index >= 15 is 0 Å². The summed E-state index contributed by atoms with van der Waals surface area (Å²) < 4.78 is 12.3. The van der Waals surface area contributed by atoms with Crippen molar-refractivity contribution in [2.45, 2.75) is 11.8 Å². The molecule has 0 spiro atoms. The van der Waals surface area contributed by atoms with Crippen LogP contribution in [0, 0.1) is 0 Å². The molecule has 0 aliphatic rings. The Bertz CT molecular complexity index is 1440. The van der Waals surface area contributed by atoms with Crippen molar-refractivity contribution >= 4 is 55.7 Å². The molecule has 1 heterocycles. The van der Waals surface area contributed by atoms with E-state index in [-0.39, 0.29) is 18.3 Å². The summed E-state index contributed by atoms with van der Waals surface area (Å²) in [4.78, 5) is 15.1. The maximum atomic E-state index is 13.4. The van der Waals surface area contributed by atoms with Crippen LogP contribution in [0.25, 0.3) is 10.8 Å². The molecule has 5 aromatic rings. The monoisotopic (exact) mass is 545 g/mol. The minimum absolute atomic E-state index is 0.0951. The predicted molar refractivity (Wildman–Crippen MR) is 141 cm³/mol. The summed E-state index contributed by atoms with van der Waals surface area (Å²) in [5.74, 6) is 1.08. The lowest BCUT2D eigenvalue weighted by Crippen LogP contribution is -2.27. The smallest absolute Gasteiger partial charge is 0.277 e. The molecule has 4 aromatic carbocycles. The number of halogens is 1. The van der Waals surface area contributed by atoms with Crippen LogP contribution in [0.5, 0.6) is 5.75 Å². The first-order valence-electron chi connectivity index (χ1n) is 10.9. The highest BCUT2D eigenvalue weighted by Crippen LogP contribution is 2.30. The normalized spacial score (nSPS) is 10.9. The van der Waals surface area contributed by atoms with Crippen molar-refractivity contribution in [3.63, 3.8) is 0 Å². The molecule has 0 saturated heterocycles. The minimum Gasteiger partial charge on any atom is -0.484 e. The maximum Gasteiger partial charge on any atom is 0.277 e. The van der Waals surface area contributed by atoms with Gasteiger partial charge >= 0.3 is 0 Å². The van der Waals surface area contributed by atoms with Gasteiger partial charge in [-0.2, -0.15) is 0 Å². The third kappa shape index (κ3) is 5.72. The number of rotatable bonds is 8. The van der Waals surface area contributed by atoms with Gasteiger partial charge in [-0.25, -0.2) is 0 Å². The summed E-state index contributed by atoms with van der Waals surface area (Å²) in [6.07, 6.45) is 0. The fourth-order valence-electron chi connectivity index (χ4n) is 3.55. The molecule has 174 valence electrons. The number of nitrogens with zero attached hydrogens (tertiary/aromatic N) is 3. The maximum absolute atomic E-state index is 13.4. The van der Waals surface area contributed by atoms with Gasteiger partial charge in [-0.15, -0.1) is 10.2 Å². The molecule has 0 aliphatic carbocycles. The summed E-state index contributed by atoms with van der Waals surface area (Å²) in [6, 6.07) is 31.2. The second kappa shape index (κ2) is 10.8. The number of anilines is 2. The van der Waals surface area contributed by atoms with Gasteiger partial charge in [0.1, 0.15) is 5.75 Å². The van der Waals surface area contributed by atoms with E-state index in [1.54, 1.807) is 4.90 Å². The Morgan fingerprint density at radius 3 is 2.40 bits per heavy atom. The molecular formula is C27H20BrN3O3S. The molecule has 0 bridgehead atoms. The highest BCUT2D eigenvalue weighted by molar-refractivity contribution is 9.10. The molecular weight excluding hydrogens is 526 g/mol. The average molecular weight is 546 g/mol. The summed E-state index contributed by atoms with van der Waals surface area (Å²) in [7, 11) is 0. The number of carbonyl (C=O) groups is 1. The van der Waals surface area contributed by atoms with Crippen LogP contribution in [0.1, 0.15) is 5.89 Å². The average Bonchev–Trinajstić information content (AvgIpc) is 3.36. The Balaban J connectivity index is 1.28. The number of amides is 1. The van der Waals surface area contributed by atoms with Gasteiger partial charge in [0.25, 0.3) is 11.1 Å². The highest BCUT2D eigenvalue weighted by Gasteiger charge is 2.20. The van der Waals surface area contributed by atoms with Crippen LogP contribution in [0.3, 0.4) is 0 Å². The van der Waals surface area contributed by atoms with Crippen LogP contribution in [0.4, 0.5) is 11.4 Å². The third-order valence-electron chi connectivity index (χ3n) is 5.20. The number of hydrogen-bond donors (Lipinski definition) is 0. The molecule has 0 aliphatic heterocycles. The van der Waals surface area contributed by atoms with E-state index < -0.39 is 0 Å². The van der Waals surface area contributed by atoms with E-state index in [1.165, 1.54) is 11.8 Å². The molecule has 5 rings (SSSR count). The predicted octanol–water partition coefficient (Wildman–Crippen LogP) is 7.02. The number of thioether (sulfide) groups is 1. The van der Waals surface area contributed by atoms with E-state index in [0.29, 0.717) is 16.9 Å². The van der Waals surface area contributed by atoms with Crippen molar-refractivity contribution in [3.05, 3.63) is 107 Å². The summed E-state index contributed by atoms with van der Waals surface area (Å²) in [5.41, 5.74) is 1.59.